The second-order valence-electron chi connectivity index (χ2n) is 5.28. The van der Waals surface area contributed by atoms with Crippen LogP contribution in [0.2, 0.25) is 0 Å². The summed E-state index contributed by atoms with van der Waals surface area (Å²) in [6.45, 7) is 9.41. The monoisotopic (exact) mass is 274 g/mol. The third-order valence-corrected chi connectivity index (χ3v) is 2.42. The van der Waals surface area contributed by atoms with Crippen LogP contribution in [-0.4, -0.2) is 42.9 Å². The van der Waals surface area contributed by atoms with Crippen molar-refractivity contribution in [2.75, 3.05) is 19.8 Å². The number of carboxylic acids is 1. The maximum atomic E-state index is 11.5. The predicted molar refractivity (Wildman–Crippen MR) is 73.1 cm³/mol. The first-order chi connectivity index (χ1) is 8.84. The molecule has 0 heterocycles. The van der Waals surface area contributed by atoms with E-state index < -0.39 is 18.0 Å². The lowest BCUT2D eigenvalue weighted by atomic mass is 10.1. The molecule has 0 saturated carbocycles. The molecule has 0 radical (unpaired) electrons. The van der Waals surface area contributed by atoms with Crippen LogP contribution in [0, 0.1) is 11.8 Å². The van der Waals surface area contributed by atoms with E-state index in [9.17, 15) is 9.59 Å². The van der Waals surface area contributed by atoms with Crippen molar-refractivity contribution in [3.05, 3.63) is 0 Å². The summed E-state index contributed by atoms with van der Waals surface area (Å²) < 4.78 is 5.37. The summed E-state index contributed by atoms with van der Waals surface area (Å²) in [5.74, 6) is -0.679. The van der Waals surface area contributed by atoms with Crippen LogP contribution in [0.25, 0.3) is 0 Å². The molecule has 6 nitrogen and oxygen atoms in total. The van der Waals surface area contributed by atoms with Gasteiger partial charge in [-0.15, -0.1) is 0 Å². The maximum absolute atomic E-state index is 11.5. The average Bonchev–Trinajstić information content (AvgIpc) is 2.29. The van der Waals surface area contributed by atoms with Crippen molar-refractivity contribution < 1.29 is 19.4 Å². The first-order valence-corrected chi connectivity index (χ1v) is 6.69. The van der Waals surface area contributed by atoms with Crippen molar-refractivity contribution in [1.82, 2.24) is 10.6 Å². The zero-order valence-electron chi connectivity index (χ0n) is 12.2. The fourth-order valence-electron chi connectivity index (χ4n) is 1.40. The summed E-state index contributed by atoms with van der Waals surface area (Å²) in [6, 6.07) is -1.32. The minimum atomic E-state index is -1.02. The van der Waals surface area contributed by atoms with Gasteiger partial charge in [-0.05, 0) is 18.3 Å². The van der Waals surface area contributed by atoms with Gasteiger partial charge in [0.15, 0.2) is 0 Å². The van der Waals surface area contributed by atoms with Gasteiger partial charge >= 0.3 is 12.0 Å². The highest BCUT2D eigenvalue weighted by atomic mass is 16.5. The normalized spacial score (nSPS) is 12.5. The van der Waals surface area contributed by atoms with Crippen LogP contribution in [0.3, 0.4) is 0 Å². The summed E-state index contributed by atoms with van der Waals surface area (Å²) in [5, 5.41) is 14.0. The second-order valence-corrected chi connectivity index (χ2v) is 5.28. The quantitative estimate of drug-likeness (QED) is 0.555. The van der Waals surface area contributed by atoms with Crippen molar-refractivity contribution in [2.24, 2.45) is 11.8 Å². The Morgan fingerprint density at radius 2 is 1.84 bits per heavy atom. The van der Waals surface area contributed by atoms with Gasteiger partial charge in [-0.25, -0.2) is 9.59 Å². The number of hydrogen-bond donors (Lipinski definition) is 3. The van der Waals surface area contributed by atoms with Crippen molar-refractivity contribution in [1.29, 1.82) is 0 Å². The van der Waals surface area contributed by atoms with Crippen LogP contribution in [0.4, 0.5) is 4.79 Å². The minimum Gasteiger partial charge on any atom is -0.480 e. The zero-order chi connectivity index (χ0) is 14.8. The Morgan fingerprint density at radius 3 is 2.32 bits per heavy atom. The molecule has 2 amide bonds. The molecule has 1 atom stereocenters. The van der Waals surface area contributed by atoms with Gasteiger partial charge in [0.25, 0.3) is 0 Å². The smallest absolute Gasteiger partial charge is 0.326 e. The Bertz CT molecular complexity index is 280. The standard InChI is InChI=1S/C13H26N2O4/c1-9(2)8-19-7-5-6-14-13(18)15-11(10(3)4)12(16)17/h9-11H,5-8H2,1-4H3,(H,16,17)(H2,14,15,18)/t11-/m1/s1. The molecule has 112 valence electrons. The second kappa shape index (κ2) is 9.61. The molecule has 0 aliphatic heterocycles. The van der Waals surface area contributed by atoms with E-state index in [4.69, 9.17) is 9.84 Å². The number of carbonyl (C=O) groups excluding carboxylic acids is 1. The summed E-state index contributed by atoms with van der Waals surface area (Å²) in [6.07, 6.45) is 0.708. The first kappa shape index (κ1) is 17.7. The molecule has 0 aromatic heterocycles. The van der Waals surface area contributed by atoms with E-state index in [-0.39, 0.29) is 5.92 Å². The summed E-state index contributed by atoms with van der Waals surface area (Å²) in [7, 11) is 0. The lowest BCUT2D eigenvalue weighted by Crippen LogP contribution is -2.48. The summed E-state index contributed by atoms with van der Waals surface area (Å²) >= 11 is 0. The van der Waals surface area contributed by atoms with Crippen LogP contribution >= 0.6 is 0 Å². The number of nitrogens with one attached hydrogen (secondary N) is 2. The molecule has 3 N–H and O–H groups in total. The number of aliphatic carboxylic acids is 1. The number of carbonyl (C=O) groups is 2. The molecule has 0 rings (SSSR count). The summed E-state index contributed by atoms with van der Waals surface area (Å²) in [4.78, 5) is 22.4. The Morgan fingerprint density at radius 1 is 1.21 bits per heavy atom. The Hall–Kier alpha value is -1.30. The van der Waals surface area contributed by atoms with Crippen LogP contribution in [0.1, 0.15) is 34.1 Å². The molecule has 0 aliphatic rings. The number of urea groups is 1. The fraction of sp³-hybridized carbons (Fsp3) is 0.846. The van der Waals surface area contributed by atoms with Crippen LogP contribution in [0.15, 0.2) is 0 Å². The topological polar surface area (TPSA) is 87.7 Å². The Labute approximate surface area is 114 Å². The average molecular weight is 274 g/mol. The van der Waals surface area contributed by atoms with E-state index in [0.717, 1.165) is 0 Å². The largest absolute Gasteiger partial charge is 0.480 e. The van der Waals surface area contributed by atoms with Gasteiger partial charge in [0.1, 0.15) is 6.04 Å². The third-order valence-electron chi connectivity index (χ3n) is 2.42. The molecule has 0 aromatic carbocycles. The molecular weight excluding hydrogens is 248 g/mol. The lowest BCUT2D eigenvalue weighted by molar-refractivity contribution is -0.140. The van der Waals surface area contributed by atoms with Gasteiger partial charge in [0.05, 0.1) is 0 Å². The van der Waals surface area contributed by atoms with E-state index in [1.807, 2.05) is 0 Å². The first-order valence-electron chi connectivity index (χ1n) is 6.69. The highest BCUT2D eigenvalue weighted by Crippen LogP contribution is 2.01. The number of amides is 2. The van der Waals surface area contributed by atoms with Gasteiger partial charge in [0, 0.05) is 19.8 Å². The third kappa shape index (κ3) is 9.30. The summed E-state index contributed by atoms with van der Waals surface area (Å²) in [5.41, 5.74) is 0. The van der Waals surface area contributed by atoms with Gasteiger partial charge in [-0.2, -0.15) is 0 Å². The molecular formula is C13H26N2O4. The van der Waals surface area contributed by atoms with E-state index in [1.54, 1.807) is 13.8 Å². The zero-order valence-corrected chi connectivity index (χ0v) is 12.2. The molecule has 0 aromatic rings. The van der Waals surface area contributed by atoms with E-state index in [0.29, 0.717) is 32.1 Å². The lowest BCUT2D eigenvalue weighted by Gasteiger charge is -2.18. The van der Waals surface area contributed by atoms with Gasteiger partial charge in [-0.1, -0.05) is 27.7 Å². The highest BCUT2D eigenvalue weighted by molar-refractivity contribution is 5.82. The van der Waals surface area contributed by atoms with Crippen molar-refractivity contribution in [3.63, 3.8) is 0 Å². The number of ether oxygens (including phenoxy) is 1. The van der Waals surface area contributed by atoms with Crippen molar-refractivity contribution in [2.45, 2.75) is 40.2 Å². The van der Waals surface area contributed by atoms with Gasteiger partial charge < -0.3 is 20.5 Å². The van der Waals surface area contributed by atoms with Crippen molar-refractivity contribution >= 4 is 12.0 Å². The maximum Gasteiger partial charge on any atom is 0.326 e. The highest BCUT2D eigenvalue weighted by Gasteiger charge is 2.22. The van der Waals surface area contributed by atoms with E-state index in [1.165, 1.54) is 0 Å². The van der Waals surface area contributed by atoms with Crippen LogP contribution < -0.4 is 10.6 Å². The van der Waals surface area contributed by atoms with Gasteiger partial charge in [0.2, 0.25) is 0 Å². The molecule has 0 fully saturated rings. The van der Waals surface area contributed by atoms with Gasteiger partial charge in [-0.3, -0.25) is 0 Å². The molecule has 0 saturated heterocycles. The number of carboxylic acid groups (broad SMARTS) is 1. The predicted octanol–water partition coefficient (Wildman–Crippen LogP) is 1.46. The molecule has 0 bridgehead atoms. The fourth-order valence-corrected chi connectivity index (χ4v) is 1.40. The Kier molecular flexibility index (Phi) is 8.95. The van der Waals surface area contributed by atoms with E-state index >= 15 is 0 Å². The van der Waals surface area contributed by atoms with Crippen LogP contribution in [0.5, 0.6) is 0 Å². The number of rotatable bonds is 9. The van der Waals surface area contributed by atoms with E-state index in [2.05, 4.69) is 24.5 Å². The Balaban J connectivity index is 3.72. The van der Waals surface area contributed by atoms with Crippen LogP contribution in [-0.2, 0) is 9.53 Å². The molecule has 0 unspecified atom stereocenters. The molecule has 0 aliphatic carbocycles. The minimum absolute atomic E-state index is 0.155. The number of hydrogen-bond acceptors (Lipinski definition) is 3. The SMILES string of the molecule is CC(C)COCCCNC(=O)N[C@@H](C(=O)O)C(C)C. The molecule has 0 spiro atoms. The van der Waals surface area contributed by atoms with Crippen molar-refractivity contribution in [3.8, 4) is 0 Å². The molecule has 6 heteroatoms. The molecule has 19 heavy (non-hydrogen) atoms.